The van der Waals surface area contributed by atoms with Crippen molar-refractivity contribution in [2.45, 2.75) is 77.0 Å². The quantitative estimate of drug-likeness (QED) is 0.395. The van der Waals surface area contributed by atoms with Crippen molar-refractivity contribution in [3.05, 3.63) is 35.9 Å². The molecule has 1 saturated heterocycles. The highest BCUT2D eigenvalue weighted by Gasteiger charge is 2.46. The Morgan fingerprint density at radius 2 is 1.76 bits per heavy atom. The normalized spacial score (nSPS) is 24.9. The van der Waals surface area contributed by atoms with E-state index in [1.165, 1.54) is 5.56 Å². The van der Waals surface area contributed by atoms with Gasteiger partial charge in [0.2, 0.25) is 0 Å². The lowest BCUT2D eigenvalue weighted by atomic mass is 9.75. The Morgan fingerprint density at radius 1 is 1.07 bits per heavy atom. The molecule has 29 heavy (non-hydrogen) atoms. The van der Waals surface area contributed by atoms with E-state index in [4.69, 9.17) is 18.6 Å². The molecule has 1 aliphatic heterocycles. The monoisotopic (exact) mass is 420 g/mol. The Morgan fingerprint density at radius 3 is 2.41 bits per heavy atom. The summed E-state index contributed by atoms with van der Waals surface area (Å²) in [4.78, 5) is 0. The molecule has 3 rings (SSSR count). The van der Waals surface area contributed by atoms with Crippen LogP contribution in [0.5, 0.6) is 0 Å². The van der Waals surface area contributed by atoms with Gasteiger partial charge in [0, 0.05) is 26.1 Å². The number of ether oxygens (including phenoxy) is 3. The SMILES string of the molecule is CC(C)(C)[Si](C)(C)OCC1CCC2(CC1CCOCc1ccccc1)OCCO2. The highest BCUT2D eigenvalue weighted by molar-refractivity contribution is 6.74. The summed E-state index contributed by atoms with van der Waals surface area (Å²) >= 11 is 0. The van der Waals surface area contributed by atoms with Crippen LogP contribution in [0.15, 0.2) is 30.3 Å². The van der Waals surface area contributed by atoms with Crippen LogP contribution in [0.1, 0.15) is 52.0 Å². The fourth-order valence-corrected chi connectivity index (χ4v) is 5.22. The molecule has 164 valence electrons. The van der Waals surface area contributed by atoms with E-state index in [1.807, 2.05) is 6.07 Å². The standard InChI is InChI=1S/C24H40O4Si/c1-23(2,3)29(4,5)28-19-22-11-13-24(26-15-16-27-24)17-21(22)12-14-25-18-20-9-7-6-8-10-20/h6-10,21-22H,11-19H2,1-5H3. The summed E-state index contributed by atoms with van der Waals surface area (Å²) in [6.07, 6.45) is 4.10. The first-order chi connectivity index (χ1) is 13.7. The molecule has 0 radical (unpaired) electrons. The highest BCUT2D eigenvalue weighted by Crippen LogP contribution is 2.44. The smallest absolute Gasteiger partial charge is 0.191 e. The third kappa shape index (κ3) is 6.14. The Balaban J connectivity index is 1.55. The largest absolute Gasteiger partial charge is 0.417 e. The van der Waals surface area contributed by atoms with E-state index in [0.717, 1.165) is 52.1 Å². The third-order valence-corrected chi connectivity index (χ3v) is 11.7. The fraction of sp³-hybridized carbons (Fsp3) is 0.750. The topological polar surface area (TPSA) is 36.9 Å². The molecule has 1 aromatic carbocycles. The van der Waals surface area contributed by atoms with E-state index in [0.29, 0.717) is 18.4 Å². The molecular weight excluding hydrogens is 380 g/mol. The van der Waals surface area contributed by atoms with Gasteiger partial charge in [0.05, 0.1) is 19.8 Å². The molecule has 2 unspecified atom stereocenters. The van der Waals surface area contributed by atoms with E-state index in [1.54, 1.807) is 0 Å². The van der Waals surface area contributed by atoms with Crippen molar-refractivity contribution >= 4 is 8.32 Å². The molecule has 0 N–H and O–H groups in total. The molecular formula is C24H40O4Si. The maximum absolute atomic E-state index is 6.61. The summed E-state index contributed by atoms with van der Waals surface area (Å²) in [5.41, 5.74) is 1.23. The van der Waals surface area contributed by atoms with E-state index >= 15 is 0 Å². The Kier molecular flexibility index (Phi) is 7.60. The maximum Gasteiger partial charge on any atom is 0.191 e. The van der Waals surface area contributed by atoms with Crippen LogP contribution >= 0.6 is 0 Å². The van der Waals surface area contributed by atoms with Gasteiger partial charge in [0.1, 0.15) is 0 Å². The van der Waals surface area contributed by atoms with Crippen molar-refractivity contribution in [1.82, 2.24) is 0 Å². The van der Waals surface area contributed by atoms with Gasteiger partial charge in [0.15, 0.2) is 14.1 Å². The molecule has 1 aliphatic carbocycles. The van der Waals surface area contributed by atoms with Gasteiger partial charge < -0.3 is 18.6 Å². The number of hydrogen-bond donors (Lipinski definition) is 0. The van der Waals surface area contributed by atoms with Gasteiger partial charge in [-0.15, -0.1) is 0 Å². The Hall–Kier alpha value is -0.723. The summed E-state index contributed by atoms with van der Waals surface area (Å²) in [6, 6.07) is 10.4. The van der Waals surface area contributed by atoms with Gasteiger partial charge in [-0.1, -0.05) is 51.1 Å². The lowest BCUT2D eigenvalue weighted by molar-refractivity contribution is -0.198. The van der Waals surface area contributed by atoms with E-state index < -0.39 is 8.32 Å². The van der Waals surface area contributed by atoms with Crippen molar-refractivity contribution in [2.75, 3.05) is 26.4 Å². The van der Waals surface area contributed by atoms with Crippen molar-refractivity contribution < 1.29 is 18.6 Å². The van der Waals surface area contributed by atoms with Crippen LogP contribution in [0.4, 0.5) is 0 Å². The van der Waals surface area contributed by atoms with Gasteiger partial charge in [-0.3, -0.25) is 0 Å². The molecule has 5 heteroatoms. The minimum atomic E-state index is -1.73. The van der Waals surface area contributed by atoms with Crippen LogP contribution in [-0.2, 0) is 25.2 Å². The van der Waals surface area contributed by atoms with Crippen molar-refractivity contribution in [3.63, 3.8) is 0 Å². The molecule has 1 heterocycles. The van der Waals surface area contributed by atoms with Gasteiger partial charge in [-0.05, 0) is 48.4 Å². The Labute approximate surface area is 178 Å². The van der Waals surface area contributed by atoms with Crippen LogP contribution in [0.25, 0.3) is 0 Å². The minimum absolute atomic E-state index is 0.245. The second kappa shape index (κ2) is 9.61. The molecule has 0 aromatic heterocycles. The number of benzene rings is 1. The second-order valence-electron chi connectivity index (χ2n) is 10.3. The van der Waals surface area contributed by atoms with Gasteiger partial charge in [-0.2, -0.15) is 0 Å². The summed E-state index contributed by atoms with van der Waals surface area (Å²) in [5.74, 6) is 0.725. The van der Waals surface area contributed by atoms with Gasteiger partial charge in [0.25, 0.3) is 0 Å². The minimum Gasteiger partial charge on any atom is -0.417 e. The van der Waals surface area contributed by atoms with Crippen LogP contribution in [0, 0.1) is 11.8 Å². The second-order valence-corrected chi connectivity index (χ2v) is 15.1. The molecule has 2 fully saturated rings. The van der Waals surface area contributed by atoms with Crippen molar-refractivity contribution in [2.24, 2.45) is 11.8 Å². The lowest BCUT2D eigenvalue weighted by Crippen LogP contribution is -2.45. The van der Waals surface area contributed by atoms with Gasteiger partial charge >= 0.3 is 0 Å². The average molecular weight is 421 g/mol. The lowest BCUT2D eigenvalue weighted by Gasteiger charge is -2.43. The van der Waals surface area contributed by atoms with Crippen LogP contribution in [-0.4, -0.2) is 40.5 Å². The summed E-state index contributed by atoms with van der Waals surface area (Å²) in [6.45, 7) is 15.4. The molecule has 1 saturated carbocycles. The van der Waals surface area contributed by atoms with E-state index in [-0.39, 0.29) is 10.8 Å². The molecule has 2 atom stereocenters. The van der Waals surface area contributed by atoms with Crippen molar-refractivity contribution in [3.8, 4) is 0 Å². The maximum atomic E-state index is 6.61. The first-order valence-corrected chi connectivity index (χ1v) is 14.2. The average Bonchev–Trinajstić information content (AvgIpc) is 3.12. The predicted octanol–water partition coefficient (Wildman–Crippen LogP) is 5.77. The highest BCUT2D eigenvalue weighted by atomic mass is 28.4. The zero-order chi connectivity index (χ0) is 21.0. The predicted molar refractivity (Wildman–Crippen MR) is 119 cm³/mol. The van der Waals surface area contributed by atoms with E-state index in [2.05, 4.69) is 58.1 Å². The first-order valence-electron chi connectivity index (χ1n) is 11.2. The number of hydrogen-bond acceptors (Lipinski definition) is 4. The van der Waals surface area contributed by atoms with Crippen LogP contribution in [0.3, 0.4) is 0 Å². The van der Waals surface area contributed by atoms with Gasteiger partial charge in [-0.25, -0.2) is 0 Å². The molecule has 0 bridgehead atoms. The molecule has 1 aromatic rings. The fourth-order valence-electron chi connectivity index (χ4n) is 4.16. The zero-order valence-corrected chi connectivity index (χ0v) is 20.0. The number of rotatable bonds is 8. The summed E-state index contributed by atoms with van der Waals surface area (Å²) in [7, 11) is -1.73. The molecule has 2 aliphatic rings. The summed E-state index contributed by atoms with van der Waals surface area (Å²) in [5, 5.41) is 0.245. The van der Waals surface area contributed by atoms with Crippen molar-refractivity contribution in [1.29, 1.82) is 0 Å². The first kappa shape index (κ1) is 23.0. The molecule has 1 spiro atoms. The van der Waals surface area contributed by atoms with Crippen LogP contribution in [0.2, 0.25) is 18.1 Å². The molecule has 0 amide bonds. The van der Waals surface area contributed by atoms with Crippen LogP contribution < -0.4 is 0 Å². The summed E-state index contributed by atoms with van der Waals surface area (Å²) < 4.78 is 24.7. The third-order valence-electron chi connectivity index (χ3n) is 7.16. The zero-order valence-electron chi connectivity index (χ0n) is 19.0. The Bertz CT molecular complexity index is 620. The molecule has 4 nitrogen and oxygen atoms in total. The van der Waals surface area contributed by atoms with E-state index in [9.17, 15) is 0 Å².